The van der Waals surface area contributed by atoms with Crippen molar-refractivity contribution in [3.05, 3.63) is 99.3 Å². The molecule has 0 saturated heterocycles. The van der Waals surface area contributed by atoms with Gasteiger partial charge in [0.1, 0.15) is 16.5 Å². The zero-order chi connectivity index (χ0) is 27.9. The Bertz CT molecular complexity index is 1640. The first kappa shape index (κ1) is 26.0. The van der Waals surface area contributed by atoms with Crippen LogP contribution < -0.4 is 24.2 Å². The third-order valence-corrected chi connectivity index (χ3v) is 8.71. The number of nitrogens with two attached hydrogens (primary N) is 1. The maximum absolute atomic E-state index is 14.5. The number of para-hydroxylation sites is 1. The molecular weight excluding hydrogens is 518 g/mol. The molecule has 0 spiro atoms. The van der Waals surface area contributed by atoms with Crippen LogP contribution in [0.5, 0.6) is 17.2 Å². The van der Waals surface area contributed by atoms with Crippen molar-refractivity contribution >= 4 is 21.5 Å². The Morgan fingerprint density at radius 3 is 2.23 bits per heavy atom. The van der Waals surface area contributed by atoms with Crippen molar-refractivity contribution in [2.24, 2.45) is 5.73 Å². The second-order valence-electron chi connectivity index (χ2n) is 9.09. The first-order valence-electron chi connectivity index (χ1n) is 12.0. The maximum Gasteiger partial charge on any atom is 0.265 e. The summed E-state index contributed by atoms with van der Waals surface area (Å²) < 4.78 is 52.7. The Kier molecular flexibility index (Phi) is 6.62. The van der Waals surface area contributed by atoms with Gasteiger partial charge in [-0.25, -0.2) is 8.42 Å². The molecule has 10 heteroatoms. The Morgan fingerprint density at radius 1 is 1.00 bits per heavy atom. The lowest BCUT2D eigenvalue weighted by Gasteiger charge is -2.38. The van der Waals surface area contributed by atoms with Gasteiger partial charge >= 0.3 is 0 Å². The number of allylic oxidation sites excluding steroid dienone is 2. The molecule has 5 rings (SSSR count). The van der Waals surface area contributed by atoms with Crippen LogP contribution in [0.15, 0.2) is 77.0 Å². The minimum absolute atomic E-state index is 0.0405. The minimum atomic E-state index is -4.23. The SMILES string of the molecule is COc1cc([C@@H]2C(C#N)=C(N)OC3=C2S(=O)(=O)N(Cc2ccc(C)cc2)c2ccccc23)cc(OC)c1OC. The third-order valence-electron chi connectivity index (χ3n) is 6.83. The van der Waals surface area contributed by atoms with Crippen LogP contribution in [0.4, 0.5) is 5.69 Å². The molecule has 0 saturated carbocycles. The van der Waals surface area contributed by atoms with Crippen LogP contribution in [0, 0.1) is 18.3 Å². The number of methoxy groups -OCH3 is 3. The maximum atomic E-state index is 14.5. The van der Waals surface area contributed by atoms with Gasteiger partial charge in [0, 0.05) is 5.56 Å². The van der Waals surface area contributed by atoms with E-state index in [1.54, 1.807) is 36.4 Å². The van der Waals surface area contributed by atoms with E-state index in [2.05, 4.69) is 6.07 Å². The van der Waals surface area contributed by atoms with E-state index in [1.165, 1.54) is 25.6 Å². The van der Waals surface area contributed by atoms with Crippen molar-refractivity contribution in [3.8, 4) is 23.3 Å². The predicted molar refractivity (Wildman–Crippen MR) is 146 cm³/mol. The van der Waals surface area contributed by atoms with Gasteiger partial charge in [-0.2, -0.15) is 5.26 Å². The lowest BCUT2D eigenvalue weighted by molar-refractivity contribution is 0.323. The summed E-state index contributed by atoms with van der Waals surface area (Å²) in [7, 11) is 0.162. The number of rotatable bonds is 6. The third kappa shape index (κ3) is 4.21. The van der Waals surface area contributed by atoms with Crippen LogP contribution >= 0.6 is 0 Å². The topological polar surface area (TPSA) is 124 Å². The molecule has 0 aromatic heterocycles. The number of sulfonamides is 1. The molecule has 0 aliphatic carbocycles. The second kappa shape index (κ2) is 9.93. The van der Waals surface area contributed by atoms with Gasteiger partial charge in [-0.3, -0.25) is 4.31 Å². The van der Waals surface area contributed by atoms with Gasteiger partial charge < -0.3 is 24.7 Å². The van der Waals surface area contributed by atoms with E-state index in [-0.39, 0.29) is 28.7 Å². The standard InChI is InChI=1S/C29H27N3O6S/c1-17-9-11-18(12-10-17)16-32-22-8-6-5-7-20(22)26-28(39(32,33)34)25(21(15-30)29(31)38-26)19-13-23(35-2)27(37-4)24(14-19)36-3/h5-14,25H,16,31H2,1-4H3/t25-/m1/s1. The number of nitriles is 1. The number of aryl methyl sites for hydroxylation is 1. The van der Waals surface area contributed by atoms with Gasteiger partial charge in [0.2, 0.25) is 11.6 Å². The van der Waals surface area contributed by atoms with Gasteiger partial charge in [-0.15, -0.1) is 0 Å². The molecular formula is C29H27N3O6S. The first-order valence-corrected chi connectivity index (χ1v) is 13.5. The van der Waals surface area contributed by atoms with Gasteiger partial charge in [-0.1, -0.05) is 42.0 Å². The number of benzene rings is 3. The Labute approximate surface area is 227 Å². The van der Waals surface area contributed by atoms with E-state index in [1.807, 2.05) is 31.2 Å². The van der Waals surface area contributed by atoms with Crippen LogP contribution in [0.1, 0.15) is 28.2 Å². The molecule has 0 radical (unpaired) electrons. The largest absolute Gasteiger partial charge is 0.493 e. The molecule has 2 N–H and O–H groups in total. The Morgan fingerprint density at radius 2 is 1.64 bits per heavy atom. The van der Waals surface area contributed by atoms with Gasteiger partial charge in [-0.05, 0) is 42.3 Å². The first-order chi connectivity index (χ1) is 18.7. The monoisotopic (exact) mass is 545 g/mol. The highest BCUT2D eigenvalue weighted by Gasteiger charge is 2.47. The van der Waals surface area contributed by atoms with E-state index < -0.39 is 15.9 Å². The molecule has 0 amide bonds. The molecule has 200 valence electrons. The molecule has 0 bridgehead atoms. The normalized spacial score (nSPS) is 17.5. The van der Waals surface area contributed by atoms with Crippen LogP contribution in [-0.4, -0.2) is 29.7 Å². The predicted octanol–water partition coefficient (Wildman–Crippen LogP) is 4.55. The van der Waals surface area contributed by atoms with Crippen molar-refractivity contribution < 1.29 is 27.4 Å². The number of hydrogen-bond acceptors (Lipinski definition) is 8. The Balaban J connectivity index is 1.78. The minimum Gasteiger partial charge on any atom is -0.493 e. The number of anilines is 1. The van der Waals surface area contributed by atoms with Crippen LogP contribution in [-0.2, 0) is 21.3 Å². The zero-order valence-electron chi connectivity index (χ0n) is 21.9. The molecule has 2 heterocycles. The fourth-order valence-electron chi connectivity index (χ4n) is 4.94. The number of nitrogens with zero attached hydrogens (tertiary/aromatic N) is 2. The van der Waals surface area contributed by atoms with Crippen molar-refractivity contribution in [1.82, 2.24) is 0 Å². The van der Waals surface area contributed by atoms with Crippen LogP contribution in [0.25, 0.3) is 5.76 Å². The smallest absolute Gasteiger partial charge is 0.265 e. The van der Waals surface area contributed by atoms with Crippen molar-refractivity contribution in [1.29, 1.82) is 5.26 Å². The van der Waals surface area contributed by atoms with Crippen LogP contribution in [0.2, 0.25) is 0 Å². The lowest BCUT2D eigenvalue weighted by atomic mass is 9.87. The average molecular weight is 546 g/mol. The van der Waals surface area contributed by atoms with Crippen molar-refractivity contribution in [3.63, 3.8) is 0 Å². The molecule has 39 heavy (non-hydrogen) atoms. The fourth-order valence-corrected chi connectivity index (χ4v) is 6.85. The number of ether oxygens (including phenoxy) is 4. The summed E-state index contributed by atoms with van der Waals surface area (Å²) in [4.78, 5) is -0.0895. The van der Waals surface area contributed by atoms with E-state index in [4.69, 9.17) is 24.7 Å². The molecule has 0 unspecified atom stereocenters. The number of fused-ring (bicyclic) bond motifs is 2. The Hall–Kier alpha value is -4.62. The quantitative estimate of drug-likeness (QED) is 0.479. The summed E-state index contributed by atoms with van der Waals surface area (Å²) >= 11 is 0. The second-order valence-corrected chi connectivity index (χ2v) is 10.9. The molecule has 1 atom stereocenters. The molecule has 3 aromatic rings. The highest BCUT2D eigenvalue weighted by molar-refractivity contribution is 7.96. The summed E-state index contributed by atoms with van der Waals surface area (Å²) in [6, 6.07) is 20.0. The summed E-state index contributed by atoms with van der Waals surface area (Å²) in [5, 5.41) is 10.1. The summed E-state index contributed by atoms with van der Waals surface area (Å²) in [6.07, 6.45) is 0. The molecule has 3 aromatic carbocycles. The van der Waals surface area contributed by atoms with Crippen molar-refractivity contribution in [2.45, 2.75) is 19.4 Å². The van der Waals surface area contributed by atoms with E-state index in [9.17, 15) is 13.7 Å². The highest BCUT2D eigenvalue weighted by Crippen LogP contribution is 2.53. The van der Waals surface area contributed by atoms with Gasteiger partial charge in [0.05, 0.1) is 39.5 Å². The summed E-state index contributed by atoms with van der Waals surface area (Å²) in [5.74, 6) is -0.236. The summed E-state index contributed by atoms with van der Waals surface area (Å²) in [6.45, 7) is 2.05. The van der Waals surface area contributed by atoms with Crippen LogP contribution in [0.3, 0.4) is 0 Å². The lowest BCUT2D eigenvalue weighted by Crippen LogP contribution is -2.39. The molecule has 2 aliphatic rings. The summed E-state index contributed by atoms with van der Waals surface area (Å²) in [5.41, 5.74) is 9.49. The zero-order valence-corrected chi connectivity index (χ0v) is 22.7. The van der Waals surface area contributed by atoms with Crippen molar-refractivity contribution in [2.75, 3.05) is 25.6 Å². The van der Waals surface area contributed by atoms with E-state index in [0.717, 1.165) is 11.1 Å². The molecule has 9 nitrogen and oxygen atoms in total. The van der Waals surface area contributed by atoms with E-state index >= 15 is 0 Å². The fraction of sp³-hybridized carbons (Fsp3) is 0.207. The van der Waals surface area contributed by atoms with E-state index in [0.29, 0.717) is 34.1 Å². The highest BCUT2D eigenvalue weighted by atomic mass is 32.2. The van der Waals surface area contributed by atoms with Gasteiger partial charge in [0.25, 0.3) is 10.0 Å². The molecule has 2 aliphatic heterocycles. The number of hydrogen-bond donors (Lipinski definition) is 1. The average Bonchev–Trinajstić information content (AvgIpc) is 2.94. The van der Waals surface area contributed by atoms with Gasteiger partial charge in [0.15, 0.2) is 17.3 Å². The molecule has 0 fully saturated rings.